The van der Waals surface area contributed by atoms with Gasteiger partial charge in [0.2, 0.25) is 5.91 Å². The summed E-state index contributed by atoms with van der Waals surface area (Å²) in [5.74, 6) is 1.44. The van der Waals surface area contributed by atoms with Crippen LogP contribution in [0.3, 0.4) is 0 Å². The fourth-order valence-corrected chi connectivity index (χ4v) is 4.97. The second kappa shape index (κ2) is 9.11. The van der Waals surface area contributed by atoms with Crippen molar-refractivity contribution >= 4 is 34.5 Å². The lowest BCUT2D eigenvalue weighted by Crippen LogP contribution is -2.22. The second-order valence-electron chi connectivity index (χ2n) is 7.31. The molecule has 4 nitrogen and oxygen atoms in total. The zero-order valence-corrected chi connectivity index (χ0v) is 18.6. The van der Waals surface area contributed by atoms with Crippen molar-refractivity contribution in [1.29, 1.82) is 0 Å². The van der Waals surface area contributed by atoms with E-state index in [0.29, 0.717) is 23.8 Å². The Morgan fingerprint density at radius 2 is 1.97 bits per heavy atom. The van der Waals surface area contributed by atoms with Crippen molar-refractivity contribution < 1.29 is 14.3 Å². The van der Waals surface area contributed by atoms with Crippen molar-refractivity contribution in [2.45, 2.75) is 32.1 Å². The van der Waals surface area contributed by atoms with Crippen LogP contribution in [0.25, 0.3) is 11.1 Å². The molecule has 0 fully saturated rings. The van der Waals surface area contributed by atoms with E-state index in [1.807, 2.05) is 42.5 Å². The summed E-state index contributed by atoms with van der Waals surface area (Å²) >= 11 is 7.71. The van der Waals surface area contributed by atoms with Crippen LogP contribution in [0.15, 0.2) is 47.8 Å². The quantitative estimate of drug-likeness (QED) is 0.413. The monoisotopic (exact) mass is 441 g/mol. The zero-order valence-electron chi connectivity index (χ0n) is 17.0. The molecule has 0 saturated heterocycles. The number of anilines is 1. The predicted octanol–water partition coefficient (Wildman–Crippen LogP) is 6.73. The highest BCUT2D eigenvalue weighted by Crippen LogP contribution is 2.47. The second-order valence-corrected chi connectivity index (χ2v) is 8.66. The Morgan fingerprint density at radius 3 is 2.70 bits per heavy atom. The van der Waals surface area contributed by atoms with E-state index in [1.165, 1.54) is 0 Å². The third kappa shape index (κ3) is 4.18. The van der Waals surface area contributed by atoms with Gasteiger partial charge in [-0.1, -0.05) is 43.1 Å². The number of fused-ring (bicyclic) bond motifs is 1. The lowest BCUT2D eigenvalue weighted by molar-refractivity contribution is -0.116. The summed E-state index contributed by atoms with van der Waals surface area (Å²) in [5.41, 5.74) is 4.01. The summed E-state index contributed by atoms with van der Waals surface area (Å²) in [6.07, 6.45) is 2.49. The number of hydrogen-bond acceptors (Lipinski definition) is 4. The lowest BCUT2D eigenvalue weighted by Gasteiger charge is -2.24. The van der Waals surface area contributed by atoms with Crippen molar-refractivity contribution in [3.05, 3.63) is 63.3 Å². The number of hydrogen-bond donors (Lipinski definition) is 1. The first kappa shape index (κ1) is 20.8. The number of carbonyl (C=O) groups is 1. The number of unbranched alkanes of at least 4 members (excludes halogenated alkanes) is 1. The third-order valence-corrected chi connectivity index (χ3v) is 6.64. The molecule has 3 aromatic rings. The molecule has 1 N–H and O–H groups in total. The number of thiophene rings is 1. The molecular formula is C24H24ClNO3S. The first-order chi connectivity index (χ1) is 14.6. The smallest absolute Gasteiger partial charge is 0.225 e. The van der Waals surface area contributed by atoms with Gasteiger partial charge in [0.25, 0.3) is 0 Å². The van der Waals surface area contributed by atoms with Gasteiger partial charge in [0.05, 0.1) is 19.4 Å². The van der Waals surface area contributed by atoms with Gasteiger partial charge in [-0.2, -0.15) is 0 Å². The molecule has 1 aliphatic rings. The molecule has 0 bridgehead atoms. The van der Waals surface area contributed by atoms with E-state index in [1.54, 1.807) is 18.4 Å². The average molecular weight is 442 g/mol. The van der Waals surface area contributed by atoms with E-state index in [4.69, 9.17) is 21.1 Å². The van der Waals surface area contributed by atoms with E-state index in [9.17, 15) is 4.79 Å². The number of halogens is 1. The Hall–Kier alpha value is -2.50. The van der Waals surface area contributed by atoms with Crippen LogP contribution in [-0.2, 0) is 4.79 Å². The van der Waals surface area contributed by atoms with Gasteiger partial charge in [-0.15, -0.1) is 11.3 Å². The maximum absolute atomic E-state index is 12.6. The first-order valence-corrected chi connectivity index (χ1v) is 11.3. The number of ether oxygens (including phenoxy) is 2. The minimum atomic E-state index is -0.0154. The summed E-state index contributed by atoms with van der Waals surface area (Å²) in [7, 11) is 1.65. The Balaban J connectivity index is 1.68. The van der Waals surface area contributed by atoms with Gasteiger partial charge in [0, 0.05) is 33.2 Å². The van der Waals surface area contributed by atoms with Crippen molar-refractivity contribution in [1.82, 2.24) is 0 Å². The SMILES string of the molecule is CCCCOc1ccc(C2CC(=O)Nc3c(-c4ccc(Cl)cc4)csc32)cc1OC. The minimum Gasteiger partial charge on any atom is -0.493 e. The molecular weight excluding hydrogens is 418 g/mol. The largest absolute Gasteiger partial charge is 0.493 e. The van der Waals surface area contributed by atoms with Gasteiger partial charge in [-0.25, -0.2) is 0 Å². The van der Waals surface area contributed by atoms with Gasteiger partial charge in [0.1, 0.15) is 0 Å². The van der Waals surface area contributed by atoms with Crippen molar-refractivity contribution in [2.24, 2.45) is 0 Å². The van der Waals surface area contributed by atoms with Gasteiger partial charge in [0.15, 0.2) is 11.5 Å². The molecule has 1 unspecified atom stereocenters. The molecule has 2 heterocycles. The highest BCUT2D eigenvalue weighted by Gasteiger charge is 2.31. The van der Waals surface area contributed by atoms with Crippen LogP contribution in [0.4, 0.5) is 5.69 Å². The van der Waals surface area contributed by atoms with Crippen LogP contribution in [-0.4, -0.2) is 19.6 Å². The molecule has 1 atom stereocenters. The zero-order chi connectivity index (χ0) is 21.1. The van der Waals surface area contributed by atoms with E-state index in [2.05, 4.69) is 17.6 Å². The molecule has 4 rings (SSSR count). The molecule has 0 saturated carbocycles. The summed E-state index contributed by atoms with van der Waals surface area (Å²) < 4.78 is 11.4. The van der Waals surface area contributed by atoms with Gasteiger partial charge < -0.3 is 14.8 Å². The van der Waals surface area contributed by atoms with Crippen LogP contribution in [0.2, 0.25) is 5.02 Å². The lowest BCUT2D eigenvalue weighted by atomic mass is 9.89. The summed E-state index contributed by atoms with van der Waals surface area (Å²) in [5, 5.41) is 5.87. The van der Waals surface area contributed by atoms with Crippen LogP contribution < -0.4 is 14.8 Å². The van der Waals surface area contributed by atoms with Crippen LogP contribution in [0, 0.1) is 0 Å². The molecule has 1 aromatic heterocycles. The number of nitrogens with one attached hydrogen (secondary N) is 1. The highest BCUT2D eigenvalue weighted by molar-refractivity contribution is 7.11. The molecule has 2 aromatic carbocycles. The molecule has 30 heavy (non-hydrogen) atoms. The Morgan fingerprint density at radius 1 is 1.17 bits per heavy atom. The first-order valence-electron chi connectivity index (χ1n) is 10.1. The Bertz CT molecular complexity index is 1050. The highest BCUT2D eigenvalue weighted by atomic mass is 35.5. The van der Waals surface area contributed by atoms with Crippen molar-refractivity contribution in [3.8, 4) is 22.6 Å². The number of methoxy groups -OCH3 is 1. The van der Waals surface area contributed by atoms with Crippen molar-refractivity contribution in [3.63, 3.8) is 0 Å². The number of rotatable bonds is 7. The standard InChI is InChI=1S/C24H24ClNO3S/c1-3-4-11-29-20-10-7-16(12-21(20)28-2)18-13-22(27)26-23-19(14-30-24(18)23)15-5-8-17(25)9-6-15/h5-10,12,14,18H,3-4,11,13H2,1-2H3,(H,26,27). The molecule has 1 aliphatic heterocycles. The normalized spacial score (nSPS) is 15.4. The van der Waals surface area contributed by atoms with E-state index >= 15 is 0 Å². The fourth-order valence-electron chi connectivity index (χ4n) is 3.68. The minimum absolute atomic E-state index is 0.0154. The molecule has 0 aliphatic carbocycles. The molecule has 6 heteroatoms. The van der Waals surface area contributed by atoms with E-state index in [0.717, 1.165) is 45.8 Å². The molecule has 156 valence electrons. The topological polar surface area (TPSA) is 47.6 Å². The van der Waals surface area contributed by atoms with Crippen LogP contribution >= 0.6 is 22.9 Å². The molecule has 0 radical (unpaired) electrons. The molecule has 1 amide bonds. The van der Waals surface area contributed by atoms with Gasteiger partial charge in [-0.3, -0.25) is 4.79 Å². The summed E-state index contributed by atoms with van der Waals surface area (Å²) in [6, 6.07) is 13.7. The summed E-state index contributed by atoms with van der Waals surface area (Å²) in [6.45, 7) is 2.80. The predicted molar refractivity (Wildman–Crippen MR) is 123 cm³/mol. The number of benzene rings is 2. The average Bonchev–Trinajstić information content (AvgIpc) is 3.17. The van der Waals surface area contributed by atoms with E-state index < -0.39 is 0 Å². The maximum Gasteiger partial charge on any atom is 0.225 e. The third-order valence-electron chi connectivity index (χ3n) is 5.29. The van der Waals surface area contributed by atoms with Crippen molar-refractivity contribution in [2.75, 3.05) is 19.0 Å². The van der Waals surface area contributed by atoms with Gasteiger partial charge in [-0.05, 0) is 41.8 Å². The van der Waals surface area contributed by atoms with E-state index in [-0.39, 0.29) is 11.8 Å². The Labute approximate surface area is 185 Å². The van der Waals surface area contributed by atoms with Crippen LogP contribution in [0.5, 0.6) is 11.5 Å². The fraction of sp³-hybridized carbons (Fsp3) is 0.292. The molecule has 0 spiro atoms. The van der Waals surface area contributed by atoms with Crippen LogP contribution in [0.1, 0.15) is 42.5 Å². The van der Waals surface area contributed by atoms with Gasteiger partial charge >= 0.3 is 0 Å². The number of carbonyl (C=O) groups excluding carboxylic acids is 1. The summed E-state index contributed by atoms with van der Waals surface area (Å²) in [4.78, 5) is 13.7. The maximum atomic E-state index is 12.6. The Kier molecular flexibility index (Phi) is 6.30. The number of amides is 1.